The van der Waals surface area contributed by atoms with Crippen LogP contribution in [0.5, 0.6) is 0 Å². The van der Waals surface area contributed by atoms with Crippen LogP contribution in [0.4, 0.5) is 13.2 Å². The average Bonchev–Trinajstić information content (AvgIpc) is 2.49. The number of hydrogen-bond donors (Lipinski definition) is 0. The van der Waals surface area contributed by atoms with Gasteiger partial charge in [0.2, 0.25) is 0 Å². The Morgan fingerprint density at radius 2 is 1.64 bits per heavy atom. The Hall–Kier alpha value is -0.660. The first-order chi connectivity index (χ1) is 11.0. The molecule has 0 bridgehead atoms. The number of allylic oxidation sites excluding steroid dienone is 2. The van der Waals surface area contributed by atoms with Crippen LogP contribution in [0.2, 0.25) is 0 Å². The fourth-order valence-corrected chi connectivity index (χ4v) is 4.13. The van der Waals surface area contributed by atoms with Crippen LogP contribution in [-0.4, -0.2) is 39.3 Å². The van der Waals surface area contributed by atoms with Crippen molar-refractivity contribution in [3.63, 3.8) is 0 Å². The molecule has 0 N–H and O–H groups in total. The van der Waals surface area contributed by atoms with E-state index in [4.69, 9.17) is 4.74 Å². The fraction of sp³-hybridized carbons (Fsp3) is 0.778. The average molecular weight is 384 g/mol. The van der Waals surface area contributed by atoms with E-state index < -0.39 is 38.6 Å². The standard InChI is InChI=1S/C18H32F3NO2S/c1-11-13(2)16(7,12-14(3)18(19,20)21)17(8,24-10)22(9)25(23)15(4,5)6/h11-13H,1H2,2-10H3/b14-12+. The minimum absolute atomic E-state index is 0.367. The van der Waals surface area contributed by atoms with Gasteiger partial charge in [-0.15, -0.1) is 6.58 Å². The van der Waals surface area contributed by atoms with Crippen molar-refractivity contribution >= 4 is 11.0 Å². The summed E-state index contributed by atoms with van der Waals surface area (Å²) >= 11 is 0. The number of hydrogen-bond acceptors (Lipinski definition) is 2. The second-order valence-electron chi connectivity index (χ2n) is 7.68. The minimum Gasteiger partial charge on any atom is -0.362 e. The quantitative estimate of drug-likeness (QED) is 0.453. The lowest BCUT2D eigenvalue weighted by Gasteiger charge is -2.52. The lowest BCUT2D eigenvalue weighted by atomic mass is 9.69. The SMILES string of the molecule is C=CC(C)C(C)(/C=C(\C)C(F)(F)F)C(C)(OC)N(C)S(=O)C(C)(C)C. The van der Waals surface area contributed by atoms with E-state index in [0.717, 1.165) is 6.92 Å². The van der Waals surface area contributed by atoms with Gasteiger partial charge in [-0.05, 0) is 40.5 Å². The first kappa shape index (κ1) is 24.3. The molecule has 0 aliphatic heterocycles. The topological polar surface area (TPSA) is 29.5 Å². The van der Waals surface area contributed by atoms with Crippen LogP contribution in [0.15, 0.2) is 24.3 Å². The summed E-state index contributed by atoms with van der Waals surface area (Å²) in [6, 6.07) is 0. The number of ether oxygens (including phenoxy) is 1. The van der Waals surface area contributed by atoms with Crippen molar-refractivity contribution in [3.05, 3.63) is 24.3 Å². The van der Waals surface area contributed by atoms with E-state index in [1.807, 2.05) is 0 Å². The van der Waals surface area contributed by atoms with E-state index in [9.17, 15) is 17.4 Å². The van der Waals surface area contributed by atoms with Gasteiger partial charge in [-0.1, -0.05) is 26.0 Å². The summed E-state index contributed by atoms with van der Waals surface area (Å²) < 4.78 is 59.0. The highest BCUT2D eigenvalue weighted by Gasteiger charge is 2.53. The fourth-order valence-electron chi connectivity index (χ4n) is 2.72. The van der Waals surface area contributed by atoms with Gasteiger partial charge < -0.3 is 4.74 Å². The normalized spacial score (nSPS) is 21.4. The third-order valence-corrected chi connectivity index (χ3v) is 6.93. The molecule has 0 saturated carbocycles. The van der Waals surface area contributed by atoms with Crippen LogP contribution < -0.4 is 0 Å². The Morgan fingerprint density at radius 1 is 1.20 bits per heavy atom. The zero-order valence-corrected chi connectivity index (χ0v) is 17.6. The van der Waals surface area contributed by atoms with Crippen molar-refractivity contribution in [1.29, 1.82) is 0 Å². The first-order valence-electron chi connectivity index (χ1n) is 8.09. The maximum Gasteiger partial charge on any atom is 0.412 e. The van der Waals surface area contributed by atoms with E-state index in [-0.39, 0.29) is 5.92 Å². The molecule has 4 unspecified atom stereocenters. The highest BCUT2D eigenvalue weighted by molar-refractivity contribution is 7.84. The Bertz CT molecular complexity index is 539. The monoisotopic (exact) mass is 383 g/mol. The maximum absolute atomic E-state index is 13.2. The molecule has 0 heterocycles. The number of rotatable bonds is 7. The smallest absolute Gasteiger partial charge is 0.362 e. The van der Waals surface area contributed by atoms with Crippen LogP contribution in [0.1, 0.15) is 48.5 Å². The van der Waals surface area contributed by atoms with Crippen LogP contribution in [0.3, 0.4) is 0 Å². The molecule has 7 heteroatoms. The largest absolute Gasteiger partial charge is 0.412 e. The zero-order valence-electron chi connectivity index (χ0n) is 16.7. The second kappa shape index (κ2) is 7.92. The van der Waals surface area contributed by atoms with Crippen LogP contribution in [-0.2, 0) is 15.7 Å². The molecule has 0 radical (unpaired) electrons. The highest BCUT2D eigenvalue weighted by Crippen LogP contribution is 2.47. The van der Waals surface area contributed by atoms with Gasteiger partial charge in [-0.2, -0.15) is 17.5 Å². The summed E-state index contributed by atoms with van der Waals surface area (Å²) in [6.07, 6.45) is -1.69. The van der Waals surface area contributed by atoms with Gasteiger partial charge in [-0.25, -0.2) is 4.21 Å². The van der Waals surface area contributed by atoms with Crippen molar-refractivity contribution < 1.29 is 22.1 Å². The minimum atomic E-state index is -4.45. The summed E-state index contributed by atoms with van der Waals surface area (Å²) in [6.45, 7) is 15.3. The highest BCUT2D eigenvalue weighted by atomic mass is 32.2. The van der Waals surface area contributed by atoms with Gasteiger partial charge in [0.1, 0.15) is 16.7 Å². The van der Waals surface area contributed by atoms with E-state index in [0.29, 0.717) is 0 Å². The van der Waals surface area contributed by atoms with Crippen molar-refractivity contribution in [2.75, 3.05) is 14.2 Å². The van der Waals surface area contributed by atoms with Crippen molar-refractivity contribution in [1.82, 2.24) is 4.31 Å². The molecule has 0 aliphatic carbocycles. The van der Waals surface area contributed by atoms with E-state index in [1.54, 1.807) is 54.7 Å². The molecular weight excluding hydrogens is 351 g/mol. The predicted octanol–water partition coefficient (Wildman–Crippen LogP) is 5.08. The number of alkyl halides is 3. The molecule has 0 saturated heterocycles. The van der Waals surface area contributed by atoms with Crippen molar-refractivity contribution in [2.45, 2.75) is 65.1 Å². The molecule has 4 atom stereocenters. The molecule has 0 rings (SSSR count). The van der Waals surface area contributed by atoms with Gasteiger partial charge in [0.05, 0.1) is 4.75 Å². The zero-order chi connectivity index (χ0) is 20.4. The van der Waals surface area contributed by atoms with Crippen molar-refractivity contribution in [2.24, 2.45) is 11.3 Å². The summed E-state index contributed by atoms with van der Waals surface area (Å²) in [4.78, 5) is 0. The van der Waals surface area contributed by atoms with Crippen molar-refractivity contribution in [3.8, 4) is 0 Å². The van der Waals surface area contributed by atoms with Gasteiger partial charge in [-0.3, -0.25) is 0 Å². The number of halogens is 3. The van der Waals surface area contributed by atoms with Crippen LogP contribution in [0.25, 0.3) is 0 Å². The second-order valence-corrected chi connectivity index (χ2v) is 9.95. The molecule has 0 amide bonds. The molecule has 25 heavy (non-hydrogen) atoms. The molecule has 0 aliphatic rings. The van der Waals surface area contributed by atoms with Gasteiger partial charge in [0, 0.05) is 25.1 Å². The van der Waals surface area contributed by atoms with Gasteiger partial charge >= 0.3 is 6.18 Å². The Kier molecular flexibility index (Phi) is 7.72. The molecule has 0 aromatic heterocycles. The first-order valence-corrected chi connectivity index (χ1v) is 9.20. The molecule has 0 fully saturated rings. The Balaban J connectivity index is 6.49. The third-order valence-electron chi connectivity index (χ3n) is 5.03. The third kappa shape index (κ3) is 4.95. The molecule has 3 nitrogen and oxygen atoms in total. The maximum atomic E-state index is 13.2. The van der Waals surface area contributed by atoms with E-state index in [2.05, 4.69) is 6.58 Å². The number of methoxy groups -OCH3 is 1. The summed E-state index contributed by atoms with van der Waals surface area (Å²) in [5.74, 6) is -0.367. The summed E-state index contributed by atoms with van der Waals surface area (Å²) in [5, 5.41) is 0. The van der Waals surface area contributed by atoms with Crippen LogP contribution >= 0.6 is 0 Å². The Morgan fingerprint density at radius 3 is 1.92 bits per heavy atom. The van der Waals surface area contributed by atoms with Gasteiger partial charge in [0.15, 0.2) is 0 Å². The predicted molar refractivity (Wildman–Crippen MR) is 98.4 cm³/mol. The Labute approximate surface area is 152 Å². The van der Waals surface area contributed by atoms with Gasteiger partial charge in [0.25, 0.3) is 0 Å². The number of nitrogens with zero attached hydrogens (tertiary/aromatic N) is 1. The molecular formula is C18H32F3NO2S. The lowest BCUT2D eigenvalue weighted by Crippen LogP contribution is -2.61. The molecule has 0 spiro atoms. The van der Waals surface area contributed by atoms with E-state index in [1.165, 1.54) is 17.5 Å². The van der Waals surface area contributed by atoms with E-state index >= 15 is 0 Å². The molecule has 0 aromatic carbocycles. The molecule has 148 valence electrons. The van der Waals surface area contributed by atoms with Crippen LogP contribution in [0, 0.1) is 11.3 Å². The summed E-state index contributed by atoms with van der Waals surface area (Å²) in [7, 11) is 1.54. The lowest BCUT2D eigenvalue weighted by molar-refractivity contribution is -0.152. The summed E-state index contributed by atoms with van der Waals surface area (Å²) in [5.41, 5.74) is -3.11. The molecule has 0 aromatic rings.